The number of aromatic nitrogens is 2. The monoisotopic (exact) mass is 287 g/mol. The largest absolute Gasteiger partial charge is 0.508 e. The van der Waals surface area contributed by atoms with E-state index in [4.69, 9.17) is 4.52 Å². The van der Waals surface area contributed by atoms with Crippen LogP contribution in [0.1, 0.15) is 28.5 Å². The summed E-state index contributed by atoms with van der Waals surface area (Å²) in [5, 5.41) is 13.0. The first kappa shape index (κ1) is 13.3. The number of aromatic hydroxyl groups is 1. The third-order valence-electron chi connectivity index (χ3n) is 3.54. The summed E-state index contributed by atoms with van der Waals surface area (Å²) in [4.78, 5) is 29.8. The molecule has 1 atom stereocenters. The first-order valence-electron chi connectivity index (χ1n) is 6.54. The SMILES string of the molecule is O=C(C(=O)N1CCC(c2ncon2)C1)c1ccc(O)cc1. The molecule has 7 heteroatoms. The number of rotatable bonds is 3. The van der Waals surface area contributed by atoms with E-state index in [1.54, 1.807) is 0 Å². The lowest BCUT2D eigenvalue weighted by Crippen LogP contribution is -2.34. The van der Waals surface area contributed by atoms with Crippen LogP contribution in [0.3, 0.4) is 0 Å². The topological polar surface area (TPSA) is 96.5 Å². The van der Waals surface area contributed by atoms with Crippen molar-refractivity contribution in [2.75, 3.05) is 13.1 Å². The van der Waals surface area contributed by atoms with Crippen molar-refractivity contribution in [3.8, 4) is 5.75 Å². The van der Waals surface area contributed by atoms with E-state index in [1.165, 1.54) is 35.6 Å². The number of carbonyl (C=O) groups excluding carboxylic acids is 2. The third kappa shape index (κ3) is 2.62. The Morgan fingerprint density at radius 2 is 2.05 bits per heavy atom. The van der Waals surface area contributed by atoms with E-state index in [0.29, 0.717) is 25.3 Å². The number of nitrogens with zero attached hydrogens (tertiary/aromatic N) is 3. The van der Waals surface area contributed by atoms with Gasteiger partial charge in [-0.25, -0.2) is 0 Å². The van der Waals surface area contributed by atoms with Crippen molar-refractivity contribution in [3.63, 3.8) is 0 Å². The highest BCUT2D eigenvalue weighted by Gasteiger charge is 2.33. The van der Waals surface area contributed by atoms with Gasteiger partial charge in [0.1, 0.15) is 5.75 Å². The number of benzene rings is 1. The third-order valence-corrected chi connectivity index (χ3v) is 3.54. The first-order chi connectivity index (χ1) is 10.1. The number of ketones is 1. The van der Waals surface area contributed by atoms with Gasteiger partial charge in [-0.1, -0.05) is 5.16 Å². The van der Waals surface area contributed by atoms with Gasteiger partial charge in [-0.05, 0) is 30.7 Å². The van der Waals surface area contributed by atoms with Crippen molar-refractivity contribution in [2.24, 2.45) is 0 Å². The normalized spacial score (nSPS) is 17.9. The molecule has 2 aromatic rings. The molecule has 1 aliphatic heterocycles. The van der Waals surface area contributed by atoms with Gasteiger partial charge in [-0.15, -0.1) is 0 Å². The fourth-order valence-electron chi connectivity index (χ4n) is 2.39. The van der Waals surface area contributed by atoms with Gasteiger partial charge >= 0.3 is 0 Å². The zero-order chi connectivity index (χ0) is 14.8. The predicted molar refractivity (Wildman–Crippen MR) is 70.7 cm³/mol. The fourth-order valence-corrected chi connectivity index (χ4v) is 2.39. The van der Waals surface area contributed by atoms with Crippen LogP contribution in [0.25, 0.3) is 0 Å². The van der Waals surface area contributed by atoms with Crippen molar-refractivity contribution in [1.82, 2.24) is 15.0 Å². The van der Waals surface area contributed by atoms with Crippen molar-refractivity contribution in [3.05, 3.63) is 42.0 Å². The molecular formula is C14H13N3O4. The molecule has 1 aliphatic rings. The second-order valence-electron chi connectivity index (χ2n) is 4.90. The molecule has 1 saturated heterocycles. The maximum atomic E-state index is 12.2. The minimum atomic E-state index is -0.580. The number of hydrogen-bond acceptors (Lipinski definition) is 6. The Morgan fingerprint density at radius 1 is 1.29 bits per heavy atom. The first-order valence-corrected chi connectivity index (χ1v) is 6.54. The Labute approximate surface area is 120 Å². The van der Waals surface area contributed by atoms with Crippen LogP contribution in [0.15, 0.2) is 35.2 Å². The summed E-state index contributed by atoms with van der Waals surface area (Å²) < 4.78 is 4.70. The Hall–Kier alpha value is -2.70. The Bertz CT molecular complexity index is 651. The molecule has 1 unspecified atom stereocenters. The van der Waals surface area contributed by atoms with E-state index in [2.05, 4.69) is 10.1 Å². The molecule has 7 nitrogen and oxygen atoms in total. The lowest BCUT2D eigenvalue weighted by Gasteiger charge is -2.14. The molecule has 2 heterocycles. The van der Waals surface area contributed by atoms with Crippen LogP contribution in [-0.4, -0.2) is 44.9 Å². The summed E-state index contributed by atoms with van der Waals surface area (Å²) in [5.74, 6) is -0.518. The average molecular weight is 287 g/mol. The molecule has 108 valence electrons. The average Bonchev–Trinajstić information content (AvgIpc) is 3.17. The summed E-state index contributed by atoms with van der Waals surface area (Å²) in [6.07, 6.45) is 1.95. The molecule has 0 radical (unpaired) electrons. The van der Waals surface area contributed by atoms with Gasteiger partial charge in [0.25, 0.3) is 5.91 Å². The number of hydrogen-bond donors (Lipinski definition) is 1. The van der Waals surface area contributed by atoms with Crippen LogP contribution in [0, 0.1) is 0 Å². The molecule has 1 aromatic heterocycles. The molecule has 0 saturated carbocycles. The highest BCUT2D eigenvalue weighted by Crippen LogP contribution is 2.25. The standard InChI is InChI=1S/C14H13N3O4/c18-11-3-1-9(2-4-11)12(19)14(20)17-6-5-10(7-17)13-15-8-21-16-13/h1-4,8,10,18H,5-7H2. The number of amides is 1. The summed E-state index contributed by atoms with van der Waals surface area (Å²) in [5.41, 5.74) is 0.265. The van der Waals surface area contributed by atoms with Crippen molar-refractivity contribution in [1.29, 1.82) is 0 Å². The zero-order valence-electron chi connectivity index (χ0n) is 11.1. The quantitative estimate of drug-likeness (QED) is 0.667. The van der Waals surface area contributed by atoms with Crippen LogP contribution in [-0.2, 0) is 4.79 Å². The highest BCUT2D eigenvalue weighted by molar-refractivity contribution is 6.42. The van der Waals surface area contributed by atoms with Crippen molar-refractivity contribution < 1.29 is 19.2 Å². The molecule has 21 heavy (non-hydrogen) atoms. The van der Waals surface area contributed by atoms with E-state index in [1.807, 2.05) is 0 Å². The summed E-state index contributed by atoms with van der Waals surface area (Å²) in [6, 6.07) is 5.63. The summed E-state index contributed by atoms with van der Waals surface area (Å²) >= 11 is 0. The molecule has 1 fully saturated rings. The van der Waals surface area contributed by atoms with Gasteiger partial charge in [-0.2, -0.15) is 4.98 Å². The van der Waals surface area contributed by atoms with Crippen LogP contribution in [0.2, 0.25) is 0 Å². The molecule has 1 N–H and O–H groups in total. The second kappa shape index (κ2) is 5.35. The number of carbonyl (C=O) groups is 2. The van der Waals surface area contributed by atoms with E-state index in [0.717, 1.165) is 0 Å². The Kier molecular flexibility index (Phi) is 3.39. The smallest absolute Gasteiger partial charge is 0.294 e. The maximum Gasteiger partial charge on any atom is 0.294 e. The Morgan fingerprint density at radius 3 is 2.71 bits per heavy atom. The summed E-state index contributed by atoms with van der Waals surface area (Å²) in [6.45, 7) is 0.893. The van der Waals surface area contributed by atoms with Crippen LogP contribution < -0.4 is 0 Å². The zero-order valence-corrected chi connectivity index (χ0v) is 11.1. The van der Waals surface area contributed by atoms with Crippen LogP contribution in [0.5, 0.6) is 5.75 Å². The molecule has 0 spiro atoms. The van der Waals surface area contributed by atoms with E-state index >= 15 is 0 Å². The Balaban J connectivity index is 1.68. The second-order valence-corrected chi connectivity index (χ2v) is 4.90. The lowest BCUT2D eigenvalue weighted by molar-refractivity contribution is -0.125. The van der Waals surface area contributed by atoms with Gasteiger partial charge in [0.15, 0.2) is 5.82 Å². The van der Waals surface area contributed by atoms with Crippen molar-refractivity contribution >= 4 is 11.7 Å². The molecule has 3 rings (SSSR count). The van der Waals surface area contributed by atoms with Gasteiger partial charge in [0.05, 0.1) is 0 Å². The molecule has 0 aliphatic carbocycles. The molecule has 0 bridgehead atoms. The number of phenols is 1. The number of phenolic OH excluding ortho intramolecular Hbond substituents is 1. The maximum absolute atomic E-state index is 12.2. The van der Waals surface area contributed by atoms with Gasteiger partial charge in [0.2, 0.25) is 12.2 Å². The van der Waals surface area contributed by atoms with E-state index in [9.17, 15) is 14.7 Å². The van der Waals surface area contributed by atoms with Crippen LogP contribution in [0.4, 0.5) is 0 Å². The molecular weight excluding hydrogens is 274 g/mol. The summed E-state index contributed by atoms with van der Waals surface area (Å²) in [7, 11) is 0. The molecule has 1 aromatic carbocycles. The van der Waals surface area contributed by atoms with E-state index in [-0.39, 0.29) is 17.2 Å². The highest BCUT2D eigenvalue weighted by atomic mass is 16.5. The van der Waals surface area contributed by atoms with Gasteiger partial charge in [0, 0.05) is 24.6 Å². The van der Waals surface area contributed by atoms with Gasteiger partial charge < -0.3 is 14.5 Å². The lowest BCUT2D eigenvalue weighted by atomic mass is 10.1. The van der Waals surface area contributed by atoms with Gasteiger partial charge in [-0.3, -0.25) is 9.59 Å². The van der Waals surface area contributed by atoms with E-state index < -0.39 is 11.7 Å². The minimum absolute atomic E-state index is 0.000294. The number of likely N-dealkylation sites (tertiary alicyclic amines) is 1. The van der Waals surface area contributed by atoms with Crippen molar-refractivity contribution in [2.45, 2.75) is 12.3 Å². The minimum Gasteiger partial charge on any atom is -0.508 e. The predicted octanol–water partition coefficient (Wildman–Crippen LogP) is 0.974. The fraction of sp³-hybridized carbons (Fsp3) is 0.286. The number of Topliss-reactive ketones (excluding diaryl/α,β-unsaturated/α-hetero) is 1. The molecule has 1 amide bonds. The van der Waals surface area contributed by atoms with Crippen LogP contribution >= 0.6 is 0 Å².